The van der Waals surface area contributed by atoms with Crippen molar-refractivity contribution in [1.29, 1.82) is 0 Å². The highest BCUT2D eigenvalue weighted by atomic mass is 16.5. The number of aromatic amines is 1. The van der Waals surface area contributed by atoms with Gasteiger partial charge in [0.1, 0.15) is 23.2 Å². The van der Waals surface area contributed by atoms with E-state index in [0.717, 1.165) is 47.3 Å². The molecule has 0 saturated heterocycles. The van der Waals surface area contributed by atoms with Crippen LogP contribution >= 0.6 is 0 Å². The Morgan fingerprint density at radius 2 is 2.04 bits per heavy atom. The van der Waals surface area contributed by atoms with Gasteiger partial charge in [0.25, 0.3) is 0 Å². The predicted molar refractivity (Wildman–Crippen MR) is 96.2 cm³/mol. The Hall–Kier alpha value is -3.29. The van der Waals surface area contributed by atoms with Gasteiger partial charge in [-0.15, -0.1) is 0 Å². The second-order valence-electron chi connectivity index (χ2n) is 5.92. The van der Waals surface area contributed by atoms with Crippen LogP contribution in [0.15, 0.2) is 30.3 Å². The molecule has 0 atom stereocenters. The normalized spacial score (nSPS) is 13.6. The molecule has 0 bridgehead atoms. The fraction of sp³-hybridized carbons (Fsp3) is 0.235. The number of ether oxygens (including phenoxy) is 1. The zero-order valence-corrected chi connectivity index (χ0v) is 13.9. The van der Waals surface area contributed by atoms with Crippen LogP contribution in [0.25, 0.3) is 11.4 Å². The lowest BCUT2D eigenvalue weighted by Gasteiger charge is -2.27. The molecule has 0 amide bonds. The molecule has 2 aromatic heterocycles. The number of nitrogens with two attached hydrogens (primary N) is 2. The van der Waals surface area contributed by atoms with Crippen molar-refractivity contribution >= 4 is 17.6 Å². The van der Waals surface area contributed by atoms with E-state index in [-0.39, 0.29) is 5.95 Å². The van der Waals surface area contributed by atoms with Gasteiger partial charge in [-0.3, -0.25) is 0 Å². The summed E-state index contributed by atoms with van der Waals surface area (Å²) >= 11 is 0. The zero-order chi connectivity index (χ0) is 17.4. The number of hydrogen-bond acceptors (Lipinski definition) is 7. The second-order valence-corrected chi connectivity index (χ2v) is 5.92. The summed E-state index contributed by atoms with van der Waals surface area (Å²) in [5.41, 5.74) is 14.6. The first-order valence-electron chi connectivity index (χ1n) is 7.99. The molecule has 5 N–H and O–H groups in total. The summed E-state index contributed by atoms with van der Waals surface area (Å²) < 4.78 is 5.29. The molecule has 8 heteroatoms. The molecule has 8 nitrogen and oxygen atoms in total. The third-order valence-electron chi connectivity index (χ3n) is 4.25. The van der Waals surface area contributed by atoms with Crippen LogP contribution in [0.1, 0.15) is 11.4 Å². The third kappa shape index (κ3) is 2.93. The summed E-state index contributed by atoms with van der Waals surface area (Å²) in [6, 6.07) is 9.58. The predicted octanol–water partition coefficient (Wildman–Crippen LogP) is 1.60. The first-order valence-corrected chi connectivity index (χ1v) is 7.99. The molecule has 128 valence electrons. The lowest BCUT2D eigenvalue weighted by atomic mass is 10.1. The highest BCUT2D eigenvalue weighted by Crippen LogP contribution is 2.27. The highest BCUT2D eigenvalue weighted by Gasteiger charge is 2.22. The summed E-state index contributed by atoms with van der Waals surface area (Å²) in [6.07, 6.45) is 0.819. The van der Waals surface area contributed by atoms with Crippen molar-refractivity contribution in [2.24, 2.45) is 0 Å². The molecule has 1 aliphatic heterocycles. The number of H-pyrrole nitrogens is 1. The van der Waals surface area contributed by atoms with Gasteiger partial charge in [-0.2, -0.15) is 9.97 Å². The quantitative estimate of drug-likeness (QED) is 0.664. The van der Waals surface area contributed by atoms with Gasteiger partial charge in [-0.05, 0) is 12.1 Å². The molecule has 4 rings (SSSR count). The maximum atomic E-state index is 5.78. The first-order chi connectivity index (χ1) is 12.1. The van der Waals surface area contributed by atoms with Crippen LogP contribution in [0.3, 0.4) is 0 Å². The number of methoxy groups -OCH3 is 1. The minimum absolute atomic E-state index is 0.183. The Bertz CT molecular complexity index is 901. The Kier molecular flexibility index (Phi) is 3.64. The monoisotopic (exact) mass is 337 g/mol. The maximum absolute atomic E-state index is 5.78. The van der Waals surface area contributed by atoms with E-state index in [1.54, 1.807) is 13.2 Å². The fourth-order valence-electron chi connectivity index (χ4n) is 3.03. The molecular weight excluding hydrogens is 318 g/mol. The largest absolute Gasteiger partial charge is 0.497 e. The number of nitrogens with one attached hydrogen (secondary N) is 1. The number of nitrogen functional groups attached to an aromatic ring is 2. The standard InChI is InChI=1S/C17H19N7O/c1-25-11-4-2-3-10(7-11)16-20-12-5-6-24(9-13(12)21-16)15-8-14(18)22-17(19)23-15/h2-4,7-8H,5-6,9H2,1H3,(H,20,21)(H4,18,19,22,23). The van der Waals surface area contributed by atoms with Crippen LogP contribution < -0.4 is 21.1 Å². The lowest BCUT2D eigenvalue weighted by Crippen LogP contribution is -2.31. The van der Waals surface area contributed by atoms with Gasteiger partial charge in [0.05, 0.1) is 25.0 Å². The molecule has 0 fully saturated rings. The lowest BCUT2D eigenvalue weighted by molar-refractivity contribution is 0.415. The van der Waals surface area contributed by atoms with Crippen molar-refractivity contribution in [3.63, 3.8) is 0 Å². The van der Waals surface area contributed by atoms with E-state index in [9.17, 15) is 0 Å². The average molecular weight is 337 g/mol. The number of nitrogens with zero attached hydrogens (tertiary/aromatic N) is 4. The van der Waals surface area contributed by atoms with Crippen LogP contribution in [-0.4, -0.2) is 33.6 Å². The molecule has 1 aromatic carbocycles. The number of aromatic nitrogens is 4. The number of hydrogen-bond donors (Lipinski definition) is 3. The van der Waals surface area contributed by atoms with Gasteiger partial charge in [-0.25, -0.2) is 4.98 Å². The van der Waals surface area contributed by atoms with E-state index >= 15 is 0 Å². The maximum Gasteiger partial charge on any atom is 0.223 e. The first kappa shape index (κ1) is 15.3. The Morgan fingerprint density at radius 3 is 2.84 bits per heavy atom. The Balaban J connectivity index is 1.62. The number of imidazole rings is 1. The van der Waals surface area contributed by atoms with Gasteiger partial charge in [0, 0.05) is 24.6 Å². The molecule has 0 unspecified atom stereocenters. The van der Waals surface area contributed by atoms with E-state index in [0.29, 0.717) is 12.4 Å². The van der Waals surface area contributed by atoms with Crippen LogP contribution in [0, 0.1) is 0 Å². The molecule has 0 radical (unpaired) electrons. The second kappa shape index (κ2) is 5.97. The molecule has 3 heterocycles. The topological polar surface area (TPSA) is 119 Å². The van der Waals surface area contributed by atoms with Crippen molar-refractivity contribution in [1.82, 2.24) is 19.9 Å². The molecule has 0 aliphatic carbocycles. The van der Waals surface area contributed by atoms with E-state index in [2.05, 4.69) is 19.9 Å². The summed E-state index contributed by atoms with van der Waals surface area (Å²) in [6.45, 7) is 1.47. The van der Waals surface area contributed by atoms with Crippen molar-refractivity contribution in [3.8, 4) is 17.1 Å². The van der Waals surface area contributed by atoms with E-state index < -0.39 is 0 Å². The van der Waals surface area contributed by atoms with E-state index in [1.165, 1.54) is 0 Å². The average Bonchev–Trinajstić information content (AvgIpc) is 3.04. The van der Waals surface area contributed by atoms with Crippen molar-refractivity contribution in [2.75, 3.05) is 30.0 Å². The molecule has 25 heavy (non-hydrogen) atoms. The van der Waals surface area contributed by atoms with Crippen molar-refractivity contribution in [2.45, 2.75) is 13.0 Å². The zero-order valence-electron chi connectivity index (χ0n) is 13.9. The minimum atomic E-state index is 0.183. The van der Waals surface area contributed by atoms with Gasteiger partial charge < -0.3 is 26.1 Å². The molecule has 0 saturated carbocycles. The summed E-state index contributed by atoms with van der Waals surface area (Å²) in [5.74, 6) is 2.93. The molecule has 1 aliphatic rings. The van der Waals surface area contributed by atoms with Gasteiger partial charge >= 0.3 is 0 Å². The number of benzene rings is 1. The van der Waals surface area contributed by atoms with Crippen LogP contribution in [-0.2, 0) is 13.0 Å². The summed E-state index contributed by atoms with van der Waals surface area (Å²) in [5, 5.41) is 0. The molecular formula is C17H19N7O. The number of rotatable bonds is 3. The highest BCUT2D eigenvalue weighted by molar-refractivity contribution is 5.59. The minimum Gasteiger partial charge on any atom is -0.497 e. The van der Waals surface area contributed by atoms with Crippen molar-refractivity contribution in [3.05, 3.63) is 41.7 Å². The van der Waals surface area contributed by atoms with E-state index in [4.69, 9.17) is 21.2 Å². The van der Waals surface area contributed by atoms with Crippen LogP contribution in [0.2, 0.25) is 0 Å². The Morgan fingerprint density at radius 1 is 1.16 bits per heavy atom. The SMILES string of the molecule is COc1cccc(-c2nc3c([nH]2)CN(c2cc(N)nc(N)n2)CC3)c1. The van der Waals surface area contributed by atoms with Crippen LogP contribution in [0.5, 0.6) is 5.75 Å². The van der Waals surface area contributed by atoms with Gasteiger partial charge in [0.2, 0.25) is 5.95 Å². The number of fused-ring (bicyclic) bond motifs is 1. The van der Waals surface area contributed by atoms with E-state index in [1.807, 2.05) is 24.3 Å². The van der Waals surface area contributed by atoms with Crippen molar-refractivity contribution < 1.29 is 4.74 Å². The summed E-state index contributed by atoms with van der Waals surface area (Å²) in [7, 11) is 1.66. The third-order valence-corrected chi connectivity index (χ3v) is 4.25. The van der Waals surface area contributed by atoms with Gasteiger partial charge in [0.15, 0.2) is 0 Å². The molecule has 0 spiro atoms. The molecule has 3 aromatic rings. The smallest absolute Gasteiger partial charge is 0.223 e. The fourth-order valence-corrected chi connectivity index (χ4v) is 3.03. The van der Waals surface area contributed by atoms with Gasteiger partial charge in [-0.1, -0.05) is 12.1 Å². The Labute approximate surface area is 144 Å². The van der Waals surface area contributed by atoms with Crippen LogP contribution in [0.4, 0.5) is 17.6 Å². The summed E-state index contributed by atoms with van der Waals surface area (Å²) in [4.78, 5) is 18.5. The number of anilines is 3.